The number of carbonyl (C=O) groups is 1. The van der Waals surface area contributed by atoms with E-state index < -0.39 is 0 Å². The largest absolute Gasteiger partial charge is 0.325 e. The Morgan fingerprint density at radius 3 is 3.00 bits per heavy atom. The molecule has 2 heterocycles. The number of aryl methyl sites for hydroxylation is 1. The number of aromatic nitrogens is 1. The molecule has 3 rings (SSSR count). The number of fused-ring (bicyclic) bond motifs is 1. The van der Waals surface area contributed by atoms with E-state index in [-0.39, 0.29) is 5.91 Å². The fraction of sp³-hybridized carbons (Fsp3) is 0.286. The normalized spacial score (nSPS) is 14.6. The first-order valence-corrected chi connectivity index (χ1v) is 7.11. The molecule has 5 heteroatoms. The number of nitrogens with zero attached hydrogens (tertiary/aromatic N) is 2. The molecule has 4 nitrogen and oxygen atoms in total. The number of benzene rings is 1. The quantitative estimate of drug-likeness (QED) is 0.912. The molecule has 1 aliphatic heterocycles. The van der Waals surface area contributed by atoms with Crippen LogP contribution in [0.4, 0.5) is 5.69 Å². The first kappa shape index (κ1) is 12.3. The van der Waals surface area contributed by atoms with E-state index in [1.54, 1.807) is 16.2 Å². The number of nitrogens with two attached hydrogens (primary N) is 1. The highest BCUT2D eigenvalue weighted by molar-refractivity contribution is 7.09. The number of hydrogen-bond acceptors (Lipinski definition) is 4. The molecule has 0 saturated carbocycles. The molecule has 0 saturated heterocycles. The van der Waals surface area contributed by atoms with E-state index in [2.05, 4.69) is 11.1 Å². The van der Waals surface area contributed by atoms with Crippen LogP contribution in [0.3, 0.4) is 0 Å². The Hall–Kier alpha value is -1.72. The lowest BCUT2D eigenvalue weighted by Crippen LogP contribution is -2.30. The van der Waals surface area contributed by atoms with Gasteiger partial charge >= 0.3 is 0 Å². The minimum Gasteiger partial charge on any atom is -0.325 e. The second-order valence-corrected chi connectivity index (χ2v) is 5.57. The number of anilines is 1. The molecule has 0 radical (unpaired) electrons. The van der Waals surface area contributed by atoms with Crippen molar-refractivity contribution in [3.63, 3.8) is 0 Å². The van der Waals surface area contributed by atoms with Gasteiger partial charge in [0.2, 0.25) is 5.91 Å². The van der Waals surface area contributed by atoms with E-state index in [9.17, 15) is 4.79 Å². The second-order valence-electron chi connectivity index (χ2n) is 4.63. The highest BCUT2D eigenvalue weighted by Crippen LogP contribution is 2.31. The van der Waals surface area contributed by atoms with Crippen molar-refractivity contribution in [2.75, 3.05) is 11.9 Å². The van der Waals surface area contributed by atoms with Crippen LogP contribution in [0.15, 0.2) is 23.6 Å². The van der Waals surface area contributed by atoms with Gasteiger partial charge in [-0.1, -0.05) is 6.07 Å². The minimum atomic E-state index is 0.180. The van der Waals surface area contributed by atoms with Crippen LogP contribution >= 0.6 is 11.3 Å². The van der Waals surface area contributed by atoms with Crippen molar-refractivity contribution in [2.24, 2.45) is 5.73 Å². The molecule has 0 bridgehead atoms. The molecule has 98 valence electrons. The first-order chi connectivity index (χ1) is 9.19. The van der Waals surface area contributed by atoms with Crippen molar-refractivity contribution in [3.05, 3.63) is 34.2 Å². The molecule has 0 unspecified atom stereocenters. The van der Waals surface area contributed by atoms with Gasteiger partial charge < -0.3 is 10.6 Å². The molecule has 0 spiro atoms. The Balaban J connectivity index is 1.99. The zero-order valence-corrected chi connectivity index (χ0v) is 11.5. The molecule has 1 aliphatic rings. The Bertz CT molecular complexity index is 635. The Kier molecular flexibility index (Phi) is 3.08. The van der Waals surface area contributed by atoms with E-state index in [0.29, 0.717) is 13.0 Å². The van der Waals surface area contributed by atoms with Gasteiger partial charge in [0.05, 0.1) is 5.69 Å². The zero-order valence-electron chi connectivity index (χ0n) is 10.7. The second kappa shape index (κ2) is 4.75. The van der Waals surface area contributed by atoms with Crippen LogP contribution in [0, 0.1) is 0 Å². The van der Waals surface area contributed by atoms with Crippen LogP contribution in [0.25, 0.3) is 11.3 Å². The van der Waals surface area contributed by atoms with Gasteiger partial charge in [-0.05, 0) is 24.1 Å². The Morgan fingerprint density at radius 2 is 2.26 bits per heavy atom. The molecule has 0 aliphatic carbocycles. The van der Waals surface area contributed by atoms with Crippen molar-refractivity contribution in [1.82, 2.24) is 4.98 Å². The summed E-state index contributed by atoms with van der Waals surface area (Å²) in [6, 6.07) is 6.15. The topological polar surface area (TPSA) is 59.2 Å². The van der Waals surface area contributed by atoms with E-state index in [4.69, 9.17) is 5.73 Å². The van der Waals surface area contributed by atoms with Crippen molar-refractivity contribution < 1.29 is 4.79 Å². The maximum absolute atomic E-state index is 11.7. The summed E-state index contributed by atoms with van der Waals surface area (Å²) in [5, 5.41) is 2.97. The number of hydrogen-bond donors (Lipinski definition) is 1. The van der Waals surface area contributed by atoms with Crippen LogP contribution in [-0.2, 0) is 17.8 Å². The summed E-state index contributed by atoms with van der Waals surface area (Å²) in [4.78, 5) is 17.9. The SMILES string of the molecule is CN1C(=O)CCc2cc(-c3csc(CN)n3)ccc21. The van der Waals surface area contributed by atoms with Gasteiger partial charge in [-0.3, -0.25) is 4.79 Å². The van der Waals surface area contributed by atoms with Crippen molar-refractivity contribution in [2.45, 2.75) is 19.4 Å². The lowest BCUT2D eigenvalue weighted by Gasteiger charge is -2.26. The Labute approximate surface area is 115 Å². The van der Waals surface area contributed by atoms with Crippen LogP contribution < -0.4 is 10.6 Å². The Morgan fingerprint density at radius 1 is 1.42 bits per heavy atom. The number of carbonyl (C=O) groups excluding carboxylic acids is 1. The molecule has 2 aromatic rings. The van der Waals surface area contributed by atoms with E-state index in [0.717, 1.165) is 28.4 Å². The molecule has 0 atom stereocenters. The predicted molar refractivity (Wildman–Crippen MR) is 77.2 cm³/mol. The molecule has 1 aromatic carbocycles. The summed E-state index contributed by atoms with van der Waals surface area (Å²) in [5.74, 6) is 0.180. The fourth-order valence-electron chi connectivity index (χ4n) is 2.35. The summed E-state index contributed by atoms with van der Waals surface area (Å²) in [6.45, 7) is 0.479. The van der Waals surface area contributed by atoms with Crippen LogP contribution in [-0.4, -0.2) is 17.9 Å². The average Bonchev–Trinajstić information content (AvgIpc) is 2.91. The zero-order chi connectivity index (χ0) is 13.4. The van der Waals surface area contributed by atoms with Crippen molar-refractivity contribution >= 4 is 22.9 Å². The van der Waals surface area contributed by atoms with Gasteiger partial charge in [-0.2, -0.15) is 0 Å². The summed E-state index contributed by atoms with van der Waals surface area (Å²) in [5.41, 5.74) is 9.87. The minimum absolute atomic E-state index is 0.180. The van der Waals surface area contributed by atoms with Gasteiger partial charge in [0.15, 0.2) is 0 Å². The number of thiazole rings is 1. The number of amides is 1. The molecule has 1 amide bonds. The van der Waals surface area contributed by atoms with Crippen molar-refractivity contribution in [1.29, 1.82) is 0 Å². The third-order valence-corrected chi connectivity index (χ3v) is 4.32. The van der Waals surface area contributed by atoms with E-state index >= 15 is 0 Å². The highest BCUT2D eigenvalue weighted by Gasteiger charge is 2.21. The highest BCUT2D eigenvalue weighted by atomic mass is 32.1. The summed E-state index contributed by atoms with van der Waals surface area (Å²) in [7, 11) is 1.83. The molecule has 0 fully saturated rings. The smallest absolute Gasteiger partial charge is 0.227 e. The third kappa shape index (κ3) is 2.15. The van der Waals surface area contributed by atoms with Gasteiger partial charge in [0.1, 0.15) is 5.01 Å². The maximum atomic E-state index is 11.7. The van der Waals surface area contributed by atoms with Crippen LogP contribution in [0.2, 0.25) is 0 Å². The van der Waals surface area contributed by atoms with Gasteiger partial charge in [0, 0.05) is 36.6 Å². The molecule has 2 N–H and O–H groups in total. The summed E-state index contributed by atoms with van der Waals surface area (Å²) >= 11 is 1.58. The summed E-state index contributed by atoms with van der Waals surface area (Å²) in [6.07, 6.45) is 1.39. The van der Waals surface area contributed by atoms with E-state index in [1.807, 2.05) is 24.6 Å². The van der Waals surface area contributed by atoms with E-state index in [1.165, 1.54) is 5.56 Å². The van der Waals surface area contributed by atoms with Crippen LogP contribution in [0.1, 0.15) is 17.0 Å². The standard InChI is InChI=1S/C14H15N3OS/c1-17-12-4-2-9(6-10(12)3-5-14(17)18)11-8-19-13(7-15)16-11/h2,4,6,8H,3,5,7,15H2,1H3. The third-order valence-electron chi connectivity index (χ3n) is 3.45. The molecular formula is C14H15N3OS. The predicted octanol–water partition coefficient (Wildman–Crippen LogP) is 2.18. The van der Waals surface area contributed by atoms with Gasteiger partial charge in [0.25, 0.3) is 0 Å². The number of rotatable bonds is 2. The lowest BCUT2D eigenvalue weighted by molar-refractivity contribution is -0.118. The molecule has 1 aromatic heterocycles. The average molecular weight is 273 g/mol. The summed E-state index contributed by atoms with van der Waals surface area (Å²) < 4.78 is 0. The monoisotopic (exact) mass is 273 g/mol. The van der Waals surface area contributed by atoms with Crippen LogP contribution in [0.5, 0.6) is 0 Å². The molecular weight excluding hydrogens is 258 g/mol. The lowest BCUT2D eigenvalue weighted by atomic mass is 9.98. The van der Waals surface area contributed by atoms with Gasteiger partial charge in [-0.25, -0.2) is 4.98 Å². The first-order valence-electron chi connectivity index (χ1n) is 6.23. The molecule has 19 heavy (non-hydrogen) atoms. The fourth-order valence-corrected chi connectivity index (χ4v) is 3.04. The van der Waals surface area contributed by atoms with Crippen molar-refractivity contribution in [3.8, 4) is 11.3 Å². The van der Waals surface area contributed by atoms with Gasteiger partial charge in [-0.15, -0.1) is 11.3 Å². The maximum Gasteiger partial charge on any atom is 0.227 e.